The summed E-state index contributed by atoms with van der Waals surface area (Å²) in [6.07, 6.45) is 6.96. The molecule has 3 heterocycles. The van der Waals surface area contributed by atoms with Crippen LogP contribution in [0.25, 0.3) is 11.0 Å². The number of anilines is 1. The van der Waals surface area contributed by atoms with E-state index in [9.17, 15) is 4.79 Å². The predicted octanol–water partition coefficient (Wildman–Crippen LogP) is 2.71. The van der Waals surface area contributed by atoms with Gasteiger partial charge in [-0.15, -0.1) is 0 Å². The van der Waals surface area contributed by atoms with Gasteiger partial charge < -0.3 is 29.6 Å². The van der Waals surface area contributed by atoms with E-state index in [-0.39, 0.29) is 11.9 Å². The van der Waals surface area contributed by atoms with Crippen molar-refractivity contribution in [2.75, 3.05) is 46.6 Å². The van der Waals surface area contributed by atoms with Crippen molar-refractivity contribution in [1.82, 2.24) is 24.3 Å². The van der Waals surface area contributed by atoms with Gasteiger partial charge in [-0.2, -0.15) is 0 Å². The van der Waals surface area contributed by atoms with Crippen molar-refractivity contribution >= 4 is 22.8 Å². The van der Waals surface area contributed by atoms with Gasteiger partial charge in [0.25, 0.3) is 0 Å². The minimum absolute atomic E-state index is 0.0148. The summed E-state index contributed by atoms with van der Waals surface area (Å²) in [5.74, 6) is 8.09. The van der Waals surface area contributed by atoms with E-state index < -0.39 is 0 Å². The Morgan fingerprint density at radius 1 is 1.19 bits per heavy atom. The van der Waals surface area contributed by atoms with Gasteiger partial charge in [0, 0.05) is 49.6 Å². The summed E-state index contributed by atoms with van der Waals surface area (Å²) in [5, 5.41) is 0.709. The smallest absolute Gasteiger partial charge is 0.246 e. The second kappa shape index (κ2) is 10.7. The van der Waals surface area contributed by atoms with Crippen LogP contribution in [0.5, 0.6) is 11.5 Å². The molecule has 1 amide bonds. The molecule has 36 heavy (non-hydrogen) atoms. The molecule has 2 aromatic heterocycles. The molecule has 0 bridgehead atoms. The first-order valence-electron chi connectivity index (χ1n) is 11.8. The summed E-state index contributed by atoms with van der Waals surface area (Å²) in [6.45, 7) is 6.17. The third-order valence-electron chi connectivity index (χ3n) is 6.43. The number of benzene rings is 1. The van der Waals surface area contributed by atoms with Gasteiger partial charge in [0.2, 0.25) is 5.91 Å². The van der Waals surface area contributed by atoms with E-state index in [1.807, 2.05) is 40.9 Å². The quantitative estimate of drug-likeness (QED) is 0.403. The Labute approximate surface area is 211 Å². The molecule has 0 radical (unpaired) electrons. The van der Waals surface area contributed by atoms with Crippen LogP contribution < -0.4 is 15.2 Å². The lowest BCUT2D eigenvalue weighted by Gasteiger charge is -2.39. The number of nitrogens with two attached hydrogens (primary N) is 1. The van der Waals surface area contributed by atoms with Gasteiger partial charge in [-0.1, -0.05) is 17.9 Å². The van der Waals surface area contributed by atoms with Crippen LogP contribution in [-0.2, 0) is 4.79 Å². The highest BCUT2D eigenvalue weighted by Gasteiger charge is 2.32. The van der Waals surface area contributed by atoms with Crippen molar-refractivity contribution in [3.8, 4) is 23.3 Å². The molecule has 1 fully saturated rings. The first-order chi connectivity index (χ1) is 17.3. The fourth-order valence-electron chi connectivity index (χ4n) is 3.95. The number of amides is 1. The number of likely N-dealkylation sites (N-methyl/N-ethyl adjacent to an activating group) is 1. The molecule has 9 heteroatoms. The zero-order chi connectivity index (χ0) is 25.8. The summed E-state index contributed by atoms with van der Waals surface area (Å²) in [5.41, 5.74) is 8.40. The summed E-state index contributed by atoms with van der Waals surface area (Å²) < 4.78 is 12.7. The second-order valence-corrected chi connectivity index (χ2v) is 9.09. The number of methoxy groups -OCH3 is 2. The number of ether oxygens (including phenoxy) is 2. The lowest BCUT2D eigenvalue weighted by Crippen LogP contribution is -2.50. The molecule has 1 aliphatic heterocycles. The molecular formula is C27H32N6O3. The summed E-state index contributed by atoms with van der Waals surface area (Å²) in [6, 6.07) is 6.00. The molecule has 0 unspecified atom stereocenters. The second-order valence-electron chi connectivity index (χ2n) is 9.09. The Morgan fingerprint density at radius 2 is 1.89 bits per heavy atom. The highest BCUT2D eigenvalue weighted by molar-refractivity contribution is 5.93. The van der Waals surface area contributed by atoms with Crippen LogP contribution in [0.15, 0.2) is 42.9 Å². The van der Waals surface area contributed by atoms with Crippen molar-refractivity contribution in [3.05, 3.63) is 54.0 Å². The number of hydrogen-bond acceptors (Lipinski definition) is 7. The minimum atomic E-state index is 0.0148. The SMILES string of the molecule is COc1cc(C#Cc2cn(C3CN(C(=O)C=CCN(C)C(C)C)C3)c3ncnc(N)c23)cc(OC)c1. The van der Waals surface area contributed by atoms with E-state index >= 15 is 0 Å². The first-order valence-corrected chi connectivity index (χ1v) is 11.8. The van der Waals surface area contributed by atoms with Gasteiger partial charge in [0.05, 0.1) is 31.2 Å². The number of nitrogen functional groups attached to an aromatic ring is 1. The van der Waals surface area contributed by atoms with Gasteiger partial charge in [0.15, 0.2) is 0 Å². The van der Waals surface area contributed by atoms with Crippen molar-refractivity contribution in [2.24, 2.45) is 0 Å². The maximum atomic E-state index is 12.6. The van der Waals surface area contributed by atoms with Crippen LogP contribution in [-0.4, -0.2) is 77.2 Å². The Bertz CT molecular complexity index is 1320. The third-order valence-corrected chi connectivity index (χ3v) is 6.43. The van der Waals surface area contributed by atoms with Crippen LogP contribution in [0.3, 0.4) is 0 Å². The standard InChI is InChI=1S/C27H32N6O3/c1-18(2)31(3)10-6-7-24(34)32-15-21(16-32)33-14-20(25-26(28)29-17-30-27(25)33)9-8-19-11-22(35-4)13-23(12-19)36-5/h6-7,11-14,17-18,21H,10,15-16H2,1-5H3,(H2,28,29,30). The fourth-order valence-corrected chi connectivity index (χ4v) is 3.95. The maximum absolute atomic E-state index is 12.6. The van der Waals surface area contributed by atoms with Crippen LogP contribution in [0.1, 0.15) is 31.0 Å². The molecule has 1 saturated heterocycles. The number of likely N-dealkylation sites (tertiary alicyclic amines) is 1. The number of nitrogens with zero attached hydrogens (tertiary/aromatic N) is 5. The Morgan fingerprint density at radius 3 is 2.53 bits per heavy atom. The molecule has 0 aliphatic carbocycles. The van der Waals surface area contributed by atoms with Gasteiger partial charge in [0.1, 0.15) is 29.3 Å². The number of rotatable bonds is 7. The molecule has 1 aromatic carbocycles. The van der Waals surface area contributed by atoms with Gasteiger partial charge in [-0.3, -0.25) is 4.79 Å². The Hall–Kier alpha value is -4.03. The number of carbonyl (C=O) groups excluding carboxylic acids is 1. The average molecular weight is 489 g/mol. The van der Waals surface area contributed by atoms with Crippen molar-refractivity contribution in [2.45, 2.75) is 25.9 Å². The molecule has 3 aromatic rings. The van der Waals surface area contributed by atoms with Crippen LogP contribution in [0.2, 0.25) is 0 Å². The van der Waals surface area contributed by atoms with Crippen molar-refractivity contribution < 1.29 is 14.3 Å². The highest BCUT2D eigenvalue weighted by atomic mass is 16.5. The molecule has 0 saturated carbocycles. The van der Waals surface area contributed by atoms with Gasteiger partial charge in [-0.25, -0.2) is 9.97 Å². The summed E-state index contributed by atoms with van der Waals surface area (Å²) >= 11 is 0. The van der Waals surface area contributed by atoms with Gasteiger partial charge in [-0.05, 0) is 33.0 Å². The third kappa shape index (κ3) is 5.29. The first kappa shape index (κ1) is 25.1. The maximum Gasteiger partial charge on any atom is 0.246 e. The molecule has 2 N–H and O–H groups in total. The predicted molar refractivity (Wildman–Crippen MR) is 140 cm³/mol. The highest BCUT2D eigenvalue weighted by Crippen LogP contribution is 2.30. The normalized spacial score (nSPS) is 13.8. The van der Waals surface area contributed by atoms with Crippen LogP contribution >= 0.6 is 0 Å². The summed E-state index contributed by atoms with van der Waals surface area (Å²) in [7, 11) is 5.24. The zero-order valence-electron chi connectivity index (χ0n) is 21.4. The lowest BCUT2D eigenvalue weighted by molar-refractivity contribution is -0.131. The van der Waals surface area contributed by atoms with Crippen LogP contribution in [0, 0.1) is 11.8 Å². The number of aromatic nitrogens is 3. The molecule has 0 spiro atoms. The lowest BCUT2D eigenvalue weighted by atomic mass is 10.1. The average Bonchev–Trinajstić information content (AvgIpc) is 3.20. The molecule has 188 valence electrons. The van der Waals surface area contributed by atoms with Crippen LogP contribution in [0.4, 0.5) is 5.82 Å². The molecule has 1 aliphatic rings. The van der Waals surface area contributed by atoms with E-state index in [0.29, 0.717) is 47.5 Å². The molecule has 0 atom stereocenters. The topological polar surface area (TPSA) is 98.7 Å². The molecule has 4 rings (SSSR count). The fraction of sp³-hybridized carbons (Fsp3) is 0.370. The largest absolute Gasteiger partial charge is 0.497 e. The molecular weight excluding hydrogens is 456 g/mol. The number of fused-ring (bicyclic) bond motifs is 1. The van der Waals surface area contributed by atoms with E-state index in [0.717, 1.165) is 17.7 Å². The zero-order valence-corrected chi connectivity index (χ0v) is 21.4. The Balaban J connectivity index is 1.54. The summed E-state index contributed by atoms with van der Waals surface area (Å²) in [4.78, 5) is 25.2. The van der Waals surface area contributed by atoms with Crippen molar-refractivity contribution in [1.29, 1.82) is 0 Å². The Kier molecular flexibility index (Phi) is 7.46. The van der Waals surface area contributed by atoms with E-state index in [1.54, 1.807) is 26.4 Å². The van der Waals surface area contributed by atoms with Gasteiger partial charge >= 0.3 is 0 Å². The molecule has 9 nitrogen and oxygen atoms in total. The number of carbonyl (C=O) groups is 1. The minimum Gasteiger partial charge on any atom is -0.497 e. The monoisotopic (exact) mass is 488 g/mol. The van der Waals surface area contributed by atoms with E-state index in [2.05, 4.69) is 40.6 Å². The number of hydrogen-bond donors (Lipinski definition) is 1. The van der Waals surface area contributed by atoms with E-state index in [4.69, 9.17) is 15.2 Å². The van der Waals surface area contributed by atoms with Crippen molar-refractivity contribution in [3.63, 3.8) is 0 Å². The van der Waals surface area contributed by atoms with E-state index in [1.165, 1.54) is 6.33 Å².